The molecule has 2 rings (SSSR count). The van der Waals surface area contributed by atoms with Crippen LogP contribution in [0, 0.1) is 22.7 Å². The number of fused-ring (bicyclic) bond motifs is 2. The van der Waals surface area contributed by atoms with Crippen molar-refractivity contribution in [1.82, 2.24) is 5.32 Å². The fraction of sp³-hybridized carbons (Fsp3) is 1.00. The quantitative estimate of drug-likeness (QED) is 0.788. The van der Waals surface area contributed by atoms with Crippen molar-refractivity contribution in [2.45, 2.75) is 72.4 Å². The molecular formula is C16H31NO. The lowest BCUT2D eigenvalue weighted by Crippen LogP contribution is -2.55. The van der Waals surface area contributed by atoms with Crippen molar-refractivity contribution >= 4 is 0 Å². The van der Waals surface area contributed by atoms with E-state index in [1.165, 1.54) is 19.3 Å². The average Bonchev–Trinajstić information content (AvgIpc) is 2.73. The molecule has 2 N–H and O–H groups in total. The molecule has 0 radical (unpaired) electrons. The van der Waals surface area contributed by atoms with Crippen LogP contribution in [0.15, 0.2) is 0 Å². The van der Waals surface area contributed by atoms with Crippen molar-refractivity contribution in [2.24, 2.45) is 22.7 Å². The largest absolute Gasteiger partial charge is 0.396 e. The molecular weight excluding hydrogens is 222 g/mol. The summed E-state index contributed by atoms with van der Waals surface area (Å²) in [6.45, 7) is 12.2. The van der Waals surface area contributed by atoms with E-state index < -0.39 is 0 Å². The molecule has 0 heterocycles. The fourth-order valence-corrected chi connectivity index (χ4v) is 4.68. The Kier molecular flexibility index (Phi) is 3.81. The monoisotopic (exact) mass is 253 g/mol. The van der Waals surface area contributed by atoms with Crippen LogP contribution < -0.4 is 5.32 Å². The van der Waals surface area contributed by atoms with Gasteiger partial charge >= 0.3 is 0 Å². The molecule has 0 aromatic rings. The molecule has 0 spiro atoms. The highest BCUT2D eigenvalue weighted by molar-refractivity contribution is 5.12. The molecule has 0 saturated heterocycles. The number of aliphatic hydroxyl groups is 1. The standard InChI is InChI=1S/C16H31NO/c1-11(2)13(7-9-18)17-14-15(3,4)12-6-8-16(14,5)10-12/h11-14,17-18H,6-10H2,1-5H3. The van der Waals surface area contributed by atoms with Crippen LogP contribution in [0.25, 0.3) is 0 Å². The first kappa shape index (κ1) is 14.3. The van der Waals surface area contributed by atoms with Gasteiger partial charge in [-0.15, -0.1) is 0 Å². The highest BCUT2D eigenvalue weighted by Crippen LogP contribution is 2.62. The lowest BCUT2D eigenvalue weighted by Gasteiger charge is -2.45. The van der Waals surface area contributed by atoms with Gasteiger partial charge in [0.1, 0.15) is 0 Å². The van der Waals surface area contributed by atoms with Gasteiger partial charge in [-0.05, 0) is 48.3 Å². The Labute approximate surface area is 113 Å². The first-order chi connectivity index (χ1) is 8.31. The summed E-state index contributed by atoms with van der Waals surface area (Å²) in [5.41, 5.74) is 0.895. The Hall–Kier alpha value is -0.0800. The summed E-state index contributed by atoms with van der Waals surface area (Å²) in [5.74, 6) is 1.48. The highest BCUT2D eigenvalue weighted by atomic mass is 16.3. The maximum atomic E-state index is 9.25. The van der Waals surface area contributed by atoms with E-state index in [-0.39, 0.29) is 0 Å². The Balaban J connectivity index is 2.12. The highest BCUT2D eigenvalue weighted by Gasteiger charge is 2.59. The number of aliphatic hydroxyl groups excluding tert-OH is 1. The van der Waals surface area contributed by atoms with Crippen LogP contribution in [-0.4, -0.2) is 23.8 Å². The summed E-state index contributed by atoms with van der Waals surface area (Å²) < 4.78 is 0. The minimum absolute atomic E-state index is 0.295. The van der Waals surface area contributed by atoms with E-state index in [9.17, 15) is 5.11 Å². The first-order valence-corrected chi connectivity index (χ1v) is 7.68. The van der Waals surface area contributed by atoms with Gasteiger partial charge in [0.2, 0.25) is 0 Å². The Morgan fingerprint density at radius 3 is 2.39 bits per heavy atom. The van der Waals surface area contributed by atoms with E-state index in [4.69, 9.17) is 0 Å². The third kappa shape index (κ3) is 2.22. The molecule has 2 saturated carbocycles. The summed E-state index contributed by atoms with van der Waals surface area (Å²) in [7, 11) is 0. The molecule has 0 aromatic heterocycles. The van der Waals surface area contributed by atoms with Crippen LogP contribution in [0.1, 0.15) is 60.3 Å². The van der Waals surface area contributed by atoms with Crippen molar-refractivity contribution in [1.29, 1.82) is 0 Å². The van der Waals surface area contributed by atoms with Gasteiger partial charge in [-0.25, -0.2) is 0 Å². The van der Waals surface area contributed by atoms with Crippen LogP contribution in [0.5, 0.6) is 0 Å². The van der Waals surface area contributed by atoms with Crippen molar-refractivity contribution in [3.8, 4) is 0 Å². The maximum absolute atomic E-state index is 9.25. The molecule has 2 aliphatic carbocycles. The molecule has 4 unspecified atom stereocenters. The summed E-state index contributed by atoms with van der Waals surface area (Å²) in [6.07, 6.45) is 5.06. The Morgan fingerprint density at radius 1 is 1.28 bits per heavy atom. The molecule has 2 nitrogen and oxygen atoms in total. The lowest BCUT2D eigenvalue weighted by atomic mass is 9.68. The number of nitrogens with one attached hydrogen (secondary N) is 1. The third-order valence-electron chi connectivity index (χ3n) is 5.90. The van der Waals surface area contributed by atoms with E-state index in [0.717, 1.165) is 12.3 Å². The van der Waals surface area contributed by atoms with E-state index in [2.05, 4.69) is 39.9 Å². The van der Waals surface area contributed by atoms with E-state index in [1.807, 2.05) is 0 Å². The molecule has 2 bridgehead atoms. The number of hydrogen-bond donors (Lipinski definition) is 2. The van der Waals surface area contributed by atoms with Gasteiger partial charge in [0.15, 0.2) is 0 Å². The number of rotatable bonds is 5. The van der Waals surface area contributed by atoms with Gasteiger partial charge in [-0.3, -0.25) is 0 Å². The van der Waals surface area contributed by atoms with Crippen LogP contribution in [0.2, 0.25) is 0 Å². The summed E-state index contributed by atoms with van der Waals surface area (Å²) in [5, 5.41) is 13.2. The zero-order chi connectivity index (χ0) is 13.6. The summed E-state index contributed by atoms with van der Waals surface area (Å²) >= 11 is 0. The molecule has 2 fully saturated rings. The predicted octanol–water partition coefficient (Wildman–Crippen LogP) is 3.20. The minimum Gasteiger partial charge on any atom is -0.396 e. The smallest absolute Gasteiger partial charge is 0.0445 e. The van der Waals surface area contributed by atoms with Crippen LogP contribution in [-0.2, 0) is 0 Å². The van der Waals surface area contributed by atoms with Crippen molar-refractivity contribution in [2.75, 3.05) is 6.61 Å². The molecule has 4 atom stereocenters. The SMILES string of the molecule is CC(C)C(CCO)NC1C2(C)CCC(C2)C1(C)C. The molecule has 0 aliphatic heterocycles. The normalized spacial score (nSPS) is 39.5. The Bertz CT molecular complexity index is 295. The van der Waals surface area contributed by atoms with Gasteiger partial charge in [-0.1, -0.05) is 34.6 Å². The molecule has 18 heavy (non-hydrogen) atoms. The second-order valence-corrected chi connectivity index (χ2v) is 7.88. The van der Waals surface area contributed by atoms with Gasteiger partial charge in [0, 0.05) is 18.7 Å². The van der Waals surface area contributed by atoms with Crippen molar-refractivity contribution < 1.29 is 5.11 Å². The zero-order valence-electron chi connectivity index (χ0n) is 12.8. The van der Waals surface area contributed by atoms with E-state index in [1.54, 1.807) is 0 Å². The second kappa shape index (κ2) is 4.79. The predicted molar refractivity (Wildman–Crippen MR) is 76.5 cm³/mol. The van der Waals surface area contributed by atoms with Gasteiger partial charge in [-0.2, -0.15) is 0 Å². The van der Waals surface area contributed by atoms with Gasteiger partial charge < -0.3 is 10.4 Å². The summed E-state index contributed by atoms with van der Waals surface area (Å²) in [4.78, 5) is 0. The van der Waals surface area contributed by atoms with Crippen LogP contribution >= 0.6 is 0 Å². The van der Waals surface area contributed by atoms with Crippen molar-refractivity contribution in [3.05, 3.63) is 0 Å². The molecule has 2 heteroatoms. The Morgan fingerprint density at radius 2 is 1.94 bits per heavy atom. The fourth-order valence-electron chi connectivity index (χ4n) is 4.68. The topological polar surface area (TPSA) is 32.3 Å². The number of hydrogen-bond acceptors (Lipinski definition) is 2. The van der Waals surface area contributed by atoms with E-state index in [0.29, 0.717) is 35.4 Å². The molecule has 0 amide bonds. The minimum atomic E-state index is 0.295. The van der Waals surface area contributed by atoms with Gasteiger partial charge in [0.05, 0.1) is 0 Å². The maximum Gasteiger partial charge on any atom is 0.0445 e. The molecule has 2 aliphatic rings. The van der Waals surface area contributed by atoms with Crippen LogP contribution in [0.3, 0.4) is 0 Å². The average molecular weight is 253 g/mol. The van der Waals surface area contributed by atoms with E-state index >= 15 is 0 Å². The van der Waals surface area contributed by atoms with Crippen LogP contribution in [0.4, 0.5) is 0 Å². The lowest BCUT2D eigenvalue weighted by molar-refractivity contribution is 0.0859. The zero-order valence-corrected chi connectivity index (χ0v) is 12.8. The first-order valence-electron chi connectivity index (χ1n) is 7.68. The second-order valence-electron chi connectivity index (χ2n) is 7.88. The van der Waals surface area contributed by atoms with Gasteiger partial charge in [0.25, 0.3) is 0 Å². The molecule has 106 valence electrons. The van der Waals surface area contributed by atoms with Crippen molar-refractivity contribution in [3.63, 3.8) is 0 Å². The molecule has 0 aromatic carbocycles. The third-order valence-corrected chi connectivity index (χ3v) is 5.90. The summed E-state index contributed by atoms with van der Waals surface area (Å²) in [6, 6.07) is 1.07.